The van der Waals surface area contributed by atoms with E-state index < -0.39 is 0 Å². The molecule has 0 spiro atoms. The number of rotatable bonds is 4. The van der Waals surface area contributed by atoms with Crippen molar-refractivity contribution in [3.05, 3.63) is 84.9 Å². The summed E-state index contributed by atoms with van der Waals surface area (Å²) in [7, 11) is 0. The van der Waals surface area contributed by atoms with Crippen molar-refractivity contribution in [2.24, 2.45) is 5.84 Å². The van der Waals surface area contributed by atoms with Crippen LogP contribution in [0, 0.1) is 0 Å². The molecule has 3 aromatic rings. The molecule has 3 N–H and O–H groups in total. The molecule has 0 saturated carbocycles. The second-order valence-electron chi connectivity index (χ2n) is 4.67. The van der Waals surface area contributed by atoms with Crippen LogP contribution in [0.4, 0.5) is 22.7 Å². The summed E-state index contributed by atoms with van der Waals surface area (Å²) in [6.45, 7) is 0. The zero-order chi connectivity index (χ0) is 14.5. The summed E-state index contributed by atoms with van der Waals surface area (Å²) in [5.41, 5.74) is 6.84. The lowest BCUT2D eigenvalue weighted by Gasteiger charge is -2.27. The number of nitrogens with one attached hydrogen (secondary N) is 1. The fourth-order valence-electron chi connectivity index (χ4n) is 2.37. The van der Waals surface area contributed by atoms with Gasteiger partial charge in [-0.1, -0.05) is 48.5 Å². The van der Waals surface area contributed by atoms with Crippen LogP contribution in [0.2, 0.25) is 0 Å². The van der Waals surface area contributed by atoms with Gasteiger partial charge in [0.1, 0.15) is 0 Å². The molecule has 0 bridgehead atoms. The molecule has 3 rings (SSSR count). The van der Waals surface area contributed by atoms with Gasteiger partial charge in [0.2, 0.25) is 0 Å². The van der Waals surface area contributed by atoms with Crippen LogP contribution >= 0.6 is 0 Å². The second kappa shape index (κ2) is 6.11. The molecule has 0 saturated heterocycles. The summed E-state index contributed by atoms with van der Waals surface area (Å²) < 4.78 is 0. The van der Waals surface area contributed by atoms with Gasteiger partial charge >= 0.3 is 0 Å². The summed E-state index contributed by atoms with van der Waals surface area (Å²) >= 11 is 0. The lowest BCUT2D eigenvalue weighted by molar-refractivity contribution is 1.25. The number of nitrogens with zero attached hydrogens (tertiary/aromatic N) is 1. The van der Waals surface area contributed by atoms with E-state index in [9.17, 15) is 0 Å². The highest BCUT2D eigenvalue weighted by Gasteiger charge is 2.14. The third-order valence-electron chi connectivity index (χ3n) is 3.33. The zero-order valence-corrected chi connectivity index (χ0v) is 11.6. The van der Waals surface area contributed by atoms with Crippen LogP contribution in [0.5, 0.6) is 0 Å². The minimum absolute atomic E-state index is 0.880. The highest BCUT2D eigenvalue weighted by Crippen LogP contribution is 2.37. The lowest BCUT2D eigenvalue weighted by atomic mass is 10.1. The highest BCUT2D eigenvalue weighted by molar-refractivity contribution is 5.84. The monoisotopic (exact) mass is 275 g/mol. The number of para-hydroxylation sites is 4. The van der Waals surface area contributed by atoms with Crippen molar-refractivity contribution in [2.45, 2.75) is 0 Å². The van der Waals surface area contributed by atoms with Gasteiger partial charge in [-0.25, -0.2) is 0 Å². The third-order valence-corrected chi connectivity index (χ3v) is 3.33. The average Bonchev–Trinajstić information content (AvgIpc) is 2.58. The first-order valence-electron chi connectivity index (χ1n) is 6.86. The van der Waals surface area contributed by atoms with E-state index in [1.165, 1.54) is 0 Å². The molecule has 0 heterocycles. The van der Waals surface area contributed by atoms with Crippen LogP contribution in [0.3, 0.4) is 0 Å². The van der Waals surface area contributed by atoms with Gasteiger partial charge < -0.3 is 10.3 Å². The Kier molecular flexibility index (Phi) is 3.85. The molecule has 0 aliphatic heterocycles. The smallest absolute Gasteiger partial charge is 0.0727 e. The second-order valence-corrected chi connectivity index (χ2v) is 4.67. The van der Waals surface area contributed by atoms with E-state index in [0.29, 0.717) is 0 Å². The summed E-state index contributed by atoms with van der Waals surface area (Å²) in [4.78, 5) is 2.18. The number of nitrogen functional groups attached to an aromatic ring is 1. The number of benzene rings is 3. The Bertz CT molecular complexity index is 656. The molecular weight excluding hydrogens is 258 g/mol. The van der Waals surface area contributed by atoms with Crippen molar-refractivity contribution in [1.82, 2.24) is 0 Å². The molecule has 0 aromatic heterocycles. The van der Waals surface area contributed by atoms with Crippen molar-refractivity contribution < 1.29 is 0 Å². The van der Waals surface area contributed by atoms with Crippen LogP contribution < -0.4 is 16.2 Å². The summed E-state index contributed by atoms with van der Waals surface area (Å²) in [5.74, 6) is 5.67. The van der Waals surface area contributed by atoms with E-state index >= 15 is 0 Å². The maximum atomic E-state index is 5.67. The summed E-state index contributed by atoms with van der Waals surface area (Å²) in [6, 6.07) is 28.5. The number of hydrazine groups is 1. The van der Waals surface area contributed by atoms with Gasteiger partial charge in [0.15, 0.2) is 0 Å². The molecule has 3 heteroatoms. The first-order valence-corrected chi connectivity index (χ1v) is 6.86. The Morgan fingerprint density at radius 3 is 1.62 bits per heavy atom. The predicted molar refractivity (Wildman–Crippen MR) is 88.9 cm³/mol. The van der Waals surface area contributed by atoms with Crippen LogP contribution in [-0.4, -0.2) is 0 Å². The first kappa shape index (κ1) is 13.2. The highest BCUT2D eigenvalue weighted by atomic mass is 15.2. The van der Waals surface area contributed by atoms with Crippen molar-refractivity contribution >= 4 is 22.7 Å². The summed E-state index contributed by atoms with van der Waals surface area (Å²) in [6.07, 6.45) is 0. The van der Waals surface area contributed by atoms with Gasteiger partial charge in [-0.05, 0) is 36.4 Å². The Balaban J connectivity index is 2.17. The van der Waals surface area contributed by atoms with Crippen molar-refractivity contribution in [3.8, 4) is 0 Å². The van der Waals surface area contributed by atoms with Crippen LogP contribution in [0.1, 0.15) is 0 Å². The fraction of sp³-hybridized carbons (Fsp3) is 0. The molecule has 0 fully saturated rings. The van der Waals surface area contributed by atoms with Gasteiger partial charge in [-0.2, -0.15) is 0 Å². The molecule has 0 radical (unpaired) electrons. The summed E-state index contributed by atoms with van der Waals surface area (Å²) in [5, 5.41) is 0. The van der Waals surface area contributed by atoms with Gasteiger partial charge in [0.25, 0.3) is 0 Å². The molecule has 0 aliphatic rings. The van der Waals surface area contributed by atoms with E-state index in [1.807, 2.05) is 54.6 Å². The fourth-order valence-corrected chi connectivity index (χ4v) is 2.37. The Labute approximate surface area is 124 Å². The molecule has 0 aliphatic carbocycles. The number of anilines is 4. The van der Waals surface area contributed by atoms with Crippen LogP contribution in [0.25, 0.3) is 0 Å². The van der Waals surface area contributed by atoms with Crippen molar-refractivity contribution in [1.29, 1.82) is 0 Å². The Hall–Kier alpha value is -2.78. The van der Waals surface area contributed by atoms with Crippen molar-refractivity contribution in [2.75, 3.05) is 10.3 Å². The van der Waals surface area contributed by atoms with Gasteiger partial charge in [0.05, 0.1) is 11.4 Å². The molecular formula is C18H17N3. The molecule has 0 unspecified atom stereocenters. The Morgan fingerprint density at radius 1 is 0.619 bits per heavy atom. The number of hydrogen-bond acceptors (Lipinski definition) is 3. The quantitative estimate of drug-likeness (QED) is 0.546. The largest absolute Gasteiger partial charge is 0.322 e. The normalized spacial score (nSPS) is 10.1. The van der Waals surface area contributed by atoms with E-state index in [-0.39, 0.29) is 0 Å². The molecule has 3 nitrogen and oxygen atoms in total. The average molecular weight is 275 g/mol. The van der Waals surface area contributed by atoms with Crippen LogP contribution in [-0.2, 0) is 0 Å². The van der Waals surface area contributed by atoms with E-state index in [4.69, 9.17) is 5.84 Å². The van der Waals surface area contributed by atoms with Crippen molar-refractivity contribution in [3.63, 3.8) is 0 Å². The van der Waals surface area contributed by atoms with E-state index in [2.05, 4.69) is 40.7 Å². The number of hydrogen-bond donors (Lipinski definition) is 2. The van der Waals surface area contributed by atoms with Crippen LogP contribution in [0.15, 0.2) is 84.9 Å². The van der Waals surface area contributed by atoms with Gasteiger partial charge in [-0.3, -0.25) is 5.84 Å². The molecule has 104 valence electrons. The third kappa shape index (κ3) is 2.73. The van der Waals surface area contributed by atoms with Gasteiger partial charge in [-0.15, -0.1) is 0 Å². The number of nitrogens with two attached hydrogens (primary N) is 1. The Morgan fingerprint density at radius 2 is 1.10 bits per heavy atom. The van der Waals surface area contributed by atoms with E-state index in [1.54, 1.807) is 0 Å². The minimum atomic E-state index is 0.880. The SMILES string of the molecule is NNc1ccccc1N(c1ccccc1)c1ccccc1. The zero-order valence-electron chi connectivity index (χ0n) is 11.6. The molecule has 3 aromatic carbocycles. The topological polar surface area (TPSA) is 41.3 Å². The maximum absolute atomic E-state index is 5.67. The lowest BCUT2D eigenvalue weighted by Crippen LogP contribution is -2.15. The maximum Gasteiger partial charge on any atom is 0.0727 e. The minimum Gasteiger partial charge on any atom is -0.322 e. The molecule has 21 heavy (non-hydrogen) atoms. The standard InChI is InChI=1S/C18H17N3/c19-20-17-13-7-8-14-18(17)21(15-9-3-1-4-10-15)16-11-5-2-6-12-16/h1-14,20H,19H2. The first-order chi connectivity index (χ1) is 10.4. The molecule has 0 atom stereocenters. The predicted octanol–water partition coefficient (Wildman–Crippen LogP) is 4.44. The molecule has 0 amide bonds. The van der Waals surface area contributed by atoms with Gasteiger partial charge in [0, 0.05) is 11.4 Å². The van der Waals surface area contributed by atoms with E-state index in [0.717, 1.165) is 22.7 Å².